The van der Waals surface area contributed by atoms with E-state index in [9.17, 15) is 5.11 Å². The van der Waals surface area contributed by atoms with Crippen molar-refractivity contribution in [3.05, 3.63) is 60.2 Å². The van der Waals surface area contributed by atoms with Crippen LogP contribution in [0.5, 0.6) is 17.2 Å². The number of phenolic OH excluding ortho intramolecular Hbond substituents is 1. The van der Waals surface area contributed by atoms with E-state index < -0.39 is 5.85 Å². The Bertz CT molecular complexity index is 859. The second-order valence-corrected chi connectivity index (χ2v) is 8.75. The number of benzene rings is 2. The first-order valence-corrected chi connectivity index (χ1v) is 11.0. The van der Waals surface area contributed by atoms with Gasteiger partial charge in [-0.25, -0.2) is 0 Å². The molecule has 0 radical (unpaired) electrons. The number of rotatable bonds is 8. The van der Waals surface area contributed by atoms with E-state index in [1.54, 1.807) is 6.07 Å². The van der Waals surface area contributed by atoms with E-state index in [0.717, 1.165) is 0 Å². The lowest BCUT2D eigenvalue weighted by Gasteiger charge is -2.28. The molecule has 6 heteroatoms. The minimum atomic E-state index is -1.36. The highest BCUT2D eigenvalue weighted by Crippen LogP contribution is 2.36. The van der Waals surface area contributed by atoms with Gasteiger partial charge in [0.15, 0.2) is 11.5 Å². The predicted octanol–water partition coefficient (Wildman–Crippen LogP) is 3.94. The Morgan fingerprint density at radius 1 is 1.13 bits per heavy atom. The van der Waals surface area contributed by atoms with Crippen LogP contribution in [0.15, 0.2) is 49.1 Å². The number of hydrogen-bond donors (Lipinski definition) is 3. The van der Waals surface area contributed by atoms with Gasteiger partial charge in [0.05, 0.1) is 12.4 Å². The van der Waals surface area contributed by atoms with Gasteiger partial charge in [-0.2, -0.15) is 0 Å². The monoisotopic (exact) mass is 428 g/mol. The second-order valence-electron chi connectivity index (χ2n) is 8.18. The molecular formula is C24H33N2O3P. The van der Waals surface area contributed by atoms with Crippen LogP contribution in [0.4, 0.5) is 0 Å². The highest BCUT2D eigenvalue weighted by Gasteiger charge is 2.25. The van der Waals surface area contributed by atoms with Crippen LogP contribution in [-0.4, -0.2) is 18.1 Å². The van der Waals surface area contributed by atoms with Crippen molar-refractivity contribution in [1.82, 2.24) is 0 Å². The quantitative estimate of drug-likeness (QED) is 0.337. The van der Waals surface area contributed by atoms with Crippen molar-refractivity contribution in [3.63, 3.8) is 0 Å². The Morgan fingerprint density at radius 3 is 2.40 bits per heavy atom. The third kappa shape index (κ3) is 5.54. The fourth-order valence-corrected chi connectivity index (χ4v) is 4.46. The number of ether oxygens (including phenoxy) is 2. The lowest BCUT2D eigenvalue weighted by molar-refractivity contribution is 0.0700. The zero-order valence-electron chi connectivity index (χ0n) is 17.6. The zero-order chi connectivity index (χ0) is 21.7. The molecule has 0 saturated heterocycles. The third-order valence-electron chi connectivity index (χ3n) is 6.00. The maximum atomic E-state index is 9.82. The van der Waals surface area contributed by atoms with E-state index in [0.29, 0.717) is 41.5 Å². The molecule has 1 aliphatic carbocycles. The average Bonchev–Trinajstić information content (AvgIpc) is 2.75. The van der Waals surface area contributed by atoms with E-state index in [-0.39, 0.29) is 5.75 Å². The fourth-order valence-electron chi connectivity index (χ4n) is 4.10. The molecule has 1 saturated carbocycles. The number of hydrogen-bond acceptors (Lipinski definition) is 5. The molecule has 0 amide bonds. The topological polar surface area (TPSA) is 90.7 Å². The van der Waals surface area contributed by atoms with Gasteiger partial charge in [0.25, 0.3) is 0 Å². The van der Waals surface area contributed by atoms with Gasteiger partial charge >= 0.3 is 0 Å². The van der Waals surface area contributed by atoms with E-state index in [4.69, 9.17) is 20.9 Å². The first kappa shape index (κ1) is 22.6. The van der Waals surface area contributed by atoms with Gasteiger partial charge in [-0.1, -0.05) is 39.6 Å². The molecule has 2 aromatic carbocycles. The number of aryl methyl sites for hydroxylation is 1. The summed E-state index contributed by atoms with van der Waals surface area (Å²) in [6.45, 7) is 3.93. The van der Waals surface area contributed by atoms with Crippen molar-refractivity contribution in [1.29, 1.82) is 0 Å². The standard InChI is InChI=1S/C24H33N2O3P/c1-3-16-4-8-18(9-5-16)19-10-6-17(7-11-19)14-15-24(25,26)29-21-13-12-20(27)23(30)22(21)28-2/h3,6-7,10-13,16,18,27H,1,4-5,8-9,14-15,25-26,30H2,2H3. The molecule has 5 N–H and O–H groups in total. The average molecular weight is 429 g/mol. The van der Waals surface area contributed by atoms with E-state index in [1.165, 1.54) is 50.0 Å². The van der Waals surface area contributed by atoms with Gasteiger partial charge in [0, 0.05) is 6.42 Å². The summed E-state index contributed by atoms with van der Waals surface area (Å²) in [5.41, 5.74) is 15.0. The Morgan fingerprint density at radius 2 is 1.80 bits per heavy atom. The summed E-state index contributed by atoms with van der Waals surface area (Å²) in [7, 11) is 3.94. The molecule has 0 heterocycles. The smallest absolute Gasteiger partial charge is 0.213 e. The lowest BCUT2D eigenvalue weighted by Crippen LogP contribution is -2.55. The lowest BCUT2D eigenvalue weighted by atomic mass is 9.78. The summed E-state index contributed by atoms with van der Waals surface area (Å²) in [5.74, 6) is 0.860. The minimum Gasteiger partial charge on any atom is -0.507 e. The predicted molar refractivity (Wildman–Crippen MR) is 125 cm³/mol. The van der Waals surface area contributed by atoms with Crippen LogP contribution in [0, 0.1) is 5.92 Å². The molecule has 1 aliphatic rings. The van der Waals surface area contributed by atoms with Crippen LogP contribution < -0.4 is 26.2 Å². The van der Waals surface area contributed by atoms with Gasteiger partial charge in [0.1, 0.15) is 5.75 Å². The molecule has 5 nitrogen and oxygen atoms in total. The van der Waals surface area contributed by atoms with Gasteiger partial charge in [-0.3, -0.25) is 11.5 Å². The molecule has 1 fully saturated rings. The van der Waals surface area contributed by atoms with Crippen molar-refractivity contribution < 1.29 is 14.6 Å². The molecule has 0 aromatic heterocycles. The summed E-state index contributed by atoms with van der Waals surface area (Å²) >= 11 is 0. The minimum absolute atomic E-state index is 0.0990. The maximum Gasteiger partial charge on any atom is 0.213 e. The number of methoxy groups -OCH3 is 1. The molecule has 2 aromatic rings. The SMILES string of the molecule is C=CC1CCC(c2ccc(CCC(N)(N)Oc3ccc(O)c(P)c3OC)cc2)CC1. The Balaban J connectivity index is 1.58. The number of allylic oxidation sites excluding steroid dienone is 1. The Hall–Kier alpha value is -2.07. The maximum absolute atomic E-state index is 9.82. The molecule has 0 aliphatic heterocycles. The van der Waals surface area contributed by atoms with Crippen molar-refractivity contribution in [2.24, 2.45) is 17.4 Å². The van der Waals surface area contributed by atoms with Gasteiger partial charge in [-0.15, -0.1) is 6.58 Å². The summed E-state index contributed by atoms with van der Waals surface area (Å²) in [5, 5.41) is 10.3. The first-order valence-electron chi connectivity index (χ1n) is 10.5. The van der Waals surface area contributed by atoms with Crippen LogP contribution in [0.1, 0.15) is 49.1 Å². The molecular weight excluding hydrogens is 395 g/mol. The van der Waals surface area contributed by atoms with Crippen LogP contribution in [-0.2, 0) is 6.42 Å². The highest BCUT2D eigenvalue weighted by atomic mass is 31.0. The second kappa shape index (κ2) is 9.82. The zero-order valence-corrected chi connectivity index (χ0v) is 18.8. The van der Waals surface area contributed by atoms with Crippen LogP contribution in [0.3, 0.4) is 0 Å². The molecule has 162 valence electrons. The molecule has 0 spiro atoms. The molecule has 0 bridgehead atoms. The Kier molecular flexibility index (Phi) is 7.41. The summed E-state index contributed by atoms with van der Waals surface area (Å²) < 4.78 is 11.1. The summed E-state index contributed by atoms with van der Waals surface area (Å²) in [6, 6.07) is 11.9. The fraction of sp³-hybridized carbons (Fsp3) is 0.417. The van der Waals surface area contributed by atoms with Gasteiger partial charge < -0.3 is 14.6 Å². The first-order chi connectivity index (χ1) is 14.3. The van der Waals surface area contributed by atoms with Crippen molar-refractivity contribution >= 4 is 14.5 Å². The van der Waals surface area contributed by atoms with Crippen LogP contribution >= 0.6 is 9.24 Å². The molecule has 1 atom stereocenters. The normalized spacial score (nSPS) is 19.3. The number of phenols is 1. The van der Waals surface area contributed by atoms with Crippen molar-refractivity contribution in [2.75, 3.05) is 7.11 Å². The number of nitrogens with two attached hydrogens (primary N) is 2. The summed E-state index contributed by atoms with van der Waals surface area (Å²) in [6.07, 6.45) is 8.15. The third-order valence-corrected chi connectivity index (χ3v) is 6.56. The molecule has 30 heavy (non-hydrogen) atoms. The molecule has 3 rings (SSSR count). The van der Waals surface area contributed by atoms with E-state index in [1.807, 2.05) is 0 Å². The Labute approximate surface area is 181 Å². The van der Waals surface area contributed by atoms with Crippen molar-refractivity contribution in [2.45, 2.75) is 50.3 Å². The highest BCUT2D eigenvalue weighted by molar-refractivity contribution is 7.28. The summed E-state index contributed by atoms with van der Waals surface area (Å²) in [4.78, 5) is 0. The van der Waals surface area contributed by atoms with E-state index in [2.05, 4.69) is 46.2 Å². The number of aromatic hydroxyl groups is 1. The van der Waals surface area contributed by atoms with Crippen molar-refractivity contribution in [3.8, 4) is 17.2 Å². The van der Waals surface area contributed by atoms with E-state index >= 15 is 0 Å². The molecule has 1 unspecified atom stereocenters. The van der Waals surface area contributed by atoms with Gasteiger partial charge in [0.2, 0.25) is 5.85 Å². The van der Waals surface area contributed by atoms with Gasteiger partial charge in [-0.05, 0) is 67.2 Å². The van der Waals surface area contributed by atoms with Crippen LogP contribution in [0.25, 0.3) is 0 Å². The largest absolute Gasteiger partial charge is 0.507 e. The van der Waals surface area contributed by atoms with Crippen LogP contribution in [0.2, 0.25) is 0 Å².